The van der Waals surface area contributed by atoms with Crippen LogP contribution in [-0.2, 0) is 9.59 Å². The van der Waals surface area contributed by atoms with Crippen LogP contribution in [0.15, 0.2) is 0 Å². The van der Waals surface area contributed by atoms with Gasteiger partial charge in [0.05, 0.1) is 11.8 Å². The van der Waals surface area contributed by atoms with Crippen molar-refractivity contribution in [2.45, 2.75) is 19.3 Å². The lowest BCUT2D eigenvalue weighted by molar-refractivity contribution is -0.140. The Bertz CT molecular complexity index is 245. The number of aliphatic carboxylic acids is 1. The van der Waals surface area contributed by atoms with Crippen LogP contribution in [0.3, 0.4) is 0 Å². The van der Waals surface area contributed by atoms with Gasteiger partial charge in [-0.2, -0.15) is 11.8 Å². The zero-order valence-corrected chi connectivity index (χ0v) is 9.68. The zero-order chi connectivity index (χ0) is 11.3. The molecule has 0 aromatic carbocycles. The van der Waals surface area contributed by atoms with Gasteiger partial charge in [-0.05, 0) is 31.3 Å². The topological polar surface area (TPSA) is 66.4 Å². The average Bonchev–Trinajstić information content (AvgIpc) is 2.96. The van der Waals surface area contributed by atoms with Gasteiger partial charge < -0.3 is 10.4 Å². The average molecular weight is 231 g/mol. The summed E-state index contributed by atoms with van der Waals surface area (Å²) in [7, 11) is 0. The SMILES string of the molecule is CSCCCCNC(=O)C1CC1C(=O)O. The van der Waals surface area contributed by atoms with E-state index in [2.05, 4.69) is 11.6 Å². The Labute approximate surface area is 93.8 Å². The number of rotatable bonds is 7. The molecular formula is C10H17NO3S. The van der Waals surface area contributed by atoms with E-state index in [0.717, 1.165) is 18.6 Å². The van der Waals surface area contributed by atoms with Crippen molar-refractivity contribution in [2.75, 3.05) is 18.6 Å². The van der Waals surface area contributed by atoms with Gasteiger partial charge in [0.2, 0.25) is 5.91 Å². The highest BCUT2D eigenvalue weighted by molar-refractivity contribution is 7.98. The van der Waals surface area contributed by atoms with Gasteiger partial charge >= 0.3 is 5.97 Å². The minimum Gasteiger partial charge on any atom is -0.481 e. The van der Waals surface area contributed by atoms with E-state index in [1.165, 1.54) is 0 Å². The Morgan fingerprint density at radius 2 is 2.13 bits per heavy atom. The predicted octanol–water partition coefficient (Wildman–Crippen LogP) is 0.967. The van der Waals surface area contributed by atoms with E-state index in [1.54, 1.807) is 11.8 Å². The van der Waals surface area contributed by atoms with Crippen LogP contribution >= 0.6 is 11.8 Å². The van der Waals surface area contributed by atoms with Crippen molar-refractivity contribution in [3.63, 3.8) is 0 Å². The Morgan fingerprint density at radius 3 is 2.67 bits per heavy atom. The van der Waals surface area contributed by atoms with Crippen molar-refractivity contribution in [1.29, 1.82) is 0 Å². The van der Waals surface area contributed by atoms with Crippen LogP contribution in [0.5, 0.6) is 0 Å². The van der Waals surface area contributed by atoms with E-state index < -0.39 is 11.9 Å². The molecule has 2 atom stereocenters. The van der Waals surface area contributed by atoms with E-state index in [1.807, 2.05) is 0 Å². The van der Waals surface area contributed by atoms with E-state index in [0.29, 0.717) is 13.0 Å². The third-order valence-corrected chi connectivity index (χ3v) is 3.22. The molecule has 1 fully saturated rings. The number of hydrogen-bond acceptors (Lipinski definition) is 3. The summed E-state index contributed by atoms with van der Waals surface area (Å²) >= 11 is 1.79. The fraction of sp³-hybridized carbons (Fsp3) is 0.800. The Kier molecular flexibility index (Phi) is 4.94. The van der Waals surface area contributed by atoms with Gasteiger partial charge in [-0.3, -0.25) is 9.59 Å². The van der Waals surface area contributed by atoms with Gasteiger partial charge in [-0.25, -0.2) is 0 Å². The number of unbranched alkanes of at least 4 members (excludes halogenated alkanes) is 1. The van der Waals surface area contributed by atoms with Crippen LogP contribution in [0.4, 0.5) is 0 Å². The number of thioether (sulfide) groups is 1. The van der Waals surface area contributed by atoms with Crippen LogP contribution < -0.4 is 5.32 Å². The quantitative estimate of drug-likeness (QED) is 0.641. The molecule has 0 spiro atoms. The molecule has 0 aliphatic heterocycles. The maximum atomic E-state index is 11.4. The summed E-state index contributed by atoms with van der Waals surface area (Å²) < 4.78 is 0. The van der Waals surface area contributed by atoms with E-state index >= 15 is 0 Å². The first-order chi connectivity index (χ1) is 7.16. The fourth-order valence-corrected chi connectivity index (χ4v) is 1.96. The Hall–Kier alpha value is -0.710. The Balaban J connectivity index is 2.03. The molecule has 0 aromatic heterocycles. The Morgan fingerprint density at radius 1 is 1.40 bits per heavy atom. The lowest BCUT2D eigenvalue weighted by Gasteiger charge is -2.03. The molecule has 86 valence electrons. The molecule has 1 aliphatic rings. The summed E-state index contributed by atoms with van der Waals surface area (Å²) in [5.41, 5.74) is 0. The third-order valence-electron chi connectivity index (χ3n) is 2.52. The second-order valence-corrected chi connectivity index (χ2v) is 4.76. The molecule has 5 heteroatoms. The zero-order valence-electron chi connectivity index (χ0n) is 8.86. The predicted molar refractivity (Wildman–Crippen MR) is 59.9 cm³/mol. The summed E-state index contributed by atoms with van der Waals surface area (Å²) in [4.78, 5) is 21.9. The number of hydrogen-bond donors (Lipinski definition) is 2. The van der Waals surface area contributed by atoms with E-state index in [-0.39, 0.29) is 11.8 Å². The monoisotopic (exact) mass is 231 g/mol. The number of carbonyl (C=O) groups excluding carboxylic acids is 1. The van der Waals surface area contributed by atoms with Gasteiger partial charge in [0.1, 0.15) is 0 Å². The van der Waals surface area contributed by atoms with Crippen molar-refractivity contribution >= 4 is 23.6 Å². The first-order valence-corrected chi connectivity index (χ1v) is 6.55. The summed E-state index contributed by atoms with van der Waals surface area (Å²) in [5.74, 6) is -0.542. The molecule has 0 aromatic rings. The van der Waals surface area contributed by atoms with Crippen LogP contribution in [0, 0.1) is 11.8 Å². The first kappa shape index (κ1) is 12.4. The van der Waals surface area contributed by atoms with Crippen LogP contribution in [-0.4, -0.2) is 35.5 Å². The van der Waals surface area contributed by atoms with Crippen molar-refractivity contribution < 1.29 is 14.7 Å². The molecule has 1 saturated carbocycles. The number of carbonyl (C=O) groups is 2. The fourth-order valence-electron chi connectivity index (χ4n) is 1.47. The van der Waals surface area contributed by atoms with Crippen LogP contribution in [0.2, 0.25) is 0 Å². The minimum absolute atomic E-state index is 0.0912. The lowest BCUT2D eigenvalue weighted by atomic mass is 10.3. The van der Waals surface area contributed by atoms with Gasteiger partial charge in [0.25, 0.3) is 0 Å². The molecule has 0 radical (unpaired) electrons. The first-order valence-electron chi connectivity index (χ1n) is 5.16. The molecule has 0 heterocycles. The van der Waals surface area contributed by atoms with Crippen molar-refractivity contribution in [2.24, 2.45) is 11.8 Å². The van der Waals surface area contributed by atoms with Crippen LogP contribution in [0.25, 0.3) is 0 Å². The molecular weight excluding hydrogens is 214 g/mol. The second kappa shape index (κ2) is 6.00. The molecule has 1 aliphatic carbocycles. The molecule has 4 nitrogen and oxygen atoms in total. The highest BCUT2D eigenvalue weighted by atomic mass is 32.2. The standard InChI is InChI=1S/C10H17NO3S/c1-15-5-3-2-4-11-9(12)7-6-8(7)10(13)14/h7-8H,2-6H2,1H3,(H,11,12)(H,13,14). The number of carboxylic acid groups (broad SMARTS) is 1. The van der Waals surface area contributed by atoms with Gasteiger partial charge in [-0.15, -0.1) is 0 Å². The highest BCUT2D eigenvalue weighted by Gasteiger charge is 2.48. The maximum absolute atomic E-state index is 11.4. The van der Waals surface area contributed by atoms with Crippen molar-refractivity contribution in [3.05, 3.63) is 0 Å². The second-order valence-electron chi connectivity index (χ2n) is 3.78. The number of carboxylic acids is 1. The number of amides is 1. The highest BCUT2D eigenvalue weighted by Crippen LogP contribution is 2.38. The van der Waals surface area contributed by atoms with E-state index in [4.69, 9.17) is 5.11 Å². The van der Waals surface area contributed by atoms with Gasteiger partial charge in [-0.1, -0.05) is 0 Å². The molecule has 15 heavy (non-hydrogen) atoms. The molecule has 2 unspecified atom stereocenters. The molecule has 2 N–H and O–H groups in total. The van der Waals surface area contributed by atoms with Crippen molar-refractivity contribution in [3.8, 4) is 0 Å². The number of nitrogens with one attached hydrogen (secondary N) is 1. The third kappa shape index (κ3) is 4.11. The summed E-state index contributed by atoms with van der Waals surface area (Å²) in [6, 6.07) is 0. The molecule has 0 saturated heterocycles. The minimum atomic E-state index is -0.850. The maximum Gasteiger partial charge on any atom is 0.307 e. The van der Waals surface area contributed by atoms with Gasteiger partial charge in [0.15, 0.2) is 0 Å². The van der Waals surface area contributed by atoms with Gasteiger partial charge in [0, 0.05) is 6.54 Å². The molecule has 1 rings (SSSR count). The summed E-state index contributed by atoms with van der Waals surface area (Å²) in [5, 5.41) is 11.4. The largest absolute Gasteiger partial charge is 0.481 e. The van der Waals surface area contributed by atoms with Crippen molar-refractivity contribution in [1.82, 2.24) is 5.32 Å². The smallest absolute Gasteiger partial charge is 0.307 e. The van der Waals surface area contributed by atoms with E-state index in [9.17, 15) is 9.59 Å². The molecule has 0 bridgehead atoms. The van der Waals surface area contributed by atoms with Crippen LogP contribution in [0.1, 0.15) is 19.3 Å². The molecule has 1 amide bonds. The summed E-state index contributed by atoms with van der Waals surface area (Å²) in [6.45, 7) is 0.669. The lowest BCUT2D eigenvalue weighted by Crippen LogP contribution is -2.27. The normalized spacial score (nSPS) is 23.5. The summed E-state index contributed by atoms with van der Waals surface area (Å²) in [6.07, 6.45) is 4.62.